The van der Waals surface area contributed by atoms with E-state index in [0.29, 0.717) is 16.3 Å². The average Bonchev–Trinajstić information content (AvgIpc) is 2.52. The van der Waals surface area contributed by atoms with Crippen LogP contribution in [0.5, 0.6) is 5.75 Å². The van der Waals surface area contributed by atoms with Crippen molar-refractivity contribution in [1.29, 1.82) is 0 Å². The smallest absolute Gasteiger partial charge is 0.278 e. The Hall–Kier alpha value is -2.60. The fourth-order valence-electron chi connectivity index (χ4n) is 1.66. The summed E-state index contributed by atoms with van der Waals surface area (Å²) in [6.07, 6.45) is 1.30. The summed E-state index contributed by atoms with van der Waals surface area (Å²) < 4.78 is 5.41. The van der Waals surface area contributed by atoms with Crippen molar-refractivity contribution in [2.45, 2.75) is 0 Å². The normalized spacial score (nSPS) is 10.6. The summed E-state index contributed by atoms with van der Waals surface area (Å²) in [4.78, 5) is 15.4. The predicted octanol–water partition coefficient (Wildman–Crippen LogP) is 3.68. The third kappa shape index (κ3) is 4.46. The Balaban J connectivity index is 1.80. The summed E-state index contributed by atoms with van der Waals surface area (Å²) in [7, 11) is 0. The lowest BCUT2D eigenvalue weighted by atomic mass is 10.2. The van der Waals surface area contributed by atoms with Crippen LogP contribution in [-0.2, 0) is 4.84 Å². The molecule has 22 heavy (non-hydrogen) atoms. The van der Waals surface area contributed by atoms with Crippen molar-refractivity contribution < 1.29 is 14.5 Å². The van der Waals surface area contributed by atoms with E-state index in [4.69, 9.17) is 21.2 Å². The predicted molar refractivity (Wildman–Crippen MR) is 83.6 cm³/mol. The molecule has 0 unspecified atom stereocenters. The van der Waals surface area contributed by atoms with Gasteiger partial charge in [0.05, 0.1) is 21.7 Å². The first kappa shape index (κ1) is 15.8. The van der Waals surface area contributed by atoms with Crippen molar-refractivity contribution >= 4 is 23.5 Å². The fourth-order valence-corrected chi connectivity index (χ4v) is 1.85. The van der Waals surface area contributed by atoms with Gasteiger partial charge in [-0.1, -0.05) is 41.0 Å². The Morgan fingerprint density at radius 3 is 2.64 bits per heavy atom. The third-order valence-corrected chi connectivity index (χ3v) is 2.98. The number of halogens is 1. The molecule has 2 rings (SSSR count). The molecule has 0 heterocycles. The Morgan fingerprint density at radius 2 is 1.86 bits per heavy atom. The lowest BCUT2D eigenvalue weighted by molar-refractivity contribution is -0.385. The molecule has 114 valence electrons. The molecule has 0 amide bonds. The van der Waals surface area contributed by atoms with Crippen LogP contribution in [0.2, 0.25) is 5.02 Å². The number of hydrogen-bond donors (Lipinski definition) is 0. The average molecular weight is 321 g/mol. The van der Waals surface area contributed by atoms with Gasteiger partial charge in [-0.2, -0.15) is 0 Å². The lowest BCUT2D eigenvalue weighted by Gasteiger charge is -2.06. The fraction of sp³-hybridized carbons (Fsp3) is 0.133. The van der Waals surface area contributed by atoms with Gasteiger partial charge in [0, 0.05) is 6.07 Å². The van der Waals surface area contributed by atoms with E-state index in [0.717, 1.165) is 0 Å². The minimum atomic E-state index is -0.470. The highest BCUT2D eigenvalue weighted by Crippen LogP contribution is 2.22. The van der Waals surface area contributed by atoms with Crippen LogP contribution < -0.4 is 4.74 Å². The summed E-state index contributed by atoms with van der Waals surface area (Å²) >= 11 is 5.93. The Labute approximate surface area is 132 Å². The maximum Gasteiger partial charge on any atom is 0.278 e. The molecule has 0 radical (unpaired) electrons. The number of para-hydroxylation sites is 2. The van der Waals surface area contributed by atoms with Gasteiger partial charge in [-0.05, 0) is 18.2 Å². The van der Waals surface area contributed by atoms with E-state index >= 15 is 0 Å². The van der Waals surface area contributed by atoms with Gasteiger partial charge in [-0.25, -0.2) is 0 Å². The zero-order chi connectivity index (χ0) is 15.8. The maximum absolute atomic E-state index is 10.8. The standard InChI is InChI=1S/C15H13ClN2O4/c16-13-6-2-4-8-15(13)21-9-10-22-17-11-12-5-1-3-7-14(12)18(19)20/h1-8,11H,9-10H2/b17-11+. The Bertz CT molecular complexity index is 676. The first-order valence-corrected chi connectivity index (χ1v) is 6.82. The lowest BCUT2D eigenvalue weighted by Crippen LogP contribution is -2.04. The summed E-state index contributed by atoms with van der Waals surface area (Å²) in [6.45, 7) is 0.459. The van der Waals surface area contributed by atoms with Crippen LogP contribution >= 0.6 is 11.6 Å². The molecule has 0 aliphatic carbocycles. The summed E-state index contributed by atoms with van der Waals surface area (Å²) in [6, 6.07) is 13.4. The molecule has 0 atom stereocenters. The molecule has 0 aliphatic heterocycles. The van der Waals surface area contributed by atoms with E-state index < -0.39 is 4.92 Å². The minimum absolute atomic E-state index is 0.0258. The van der Waals surface area contributed by atoms with Crippen molar-refractivity contribution in [1.82, 2.24) is 0 Å². The second-order valence-corrected chi connectivity index (χ2v) is 4.57. The van der Waals surface area contributed by atoms with Gasteiger partial charge in [0.1, 0.15) is 12.4 Å². The first-order chi connectivity index (χ1) is 10.7. The molecule has 6 nitrogen and oxygen atoms in total. The van der Waals surface area contributed by atoms with Gasteiger partial charge in [0.2, 0.25) is 0 Å². The van der Waals surface area contributed by atoms with Crippen molar-refractivity contribution in [3.05, 3.63) is 69.2 Å². The molecule has 0 saturated carbocycles. The van der Waals surface area contributed by atoms with Gasteiger partial charge >= 0.3 is 0 Å². The van der Waals surface area contributed by atoms with Crippen molar-refractivity contribution in [3.63, 3.8) is 0 Å². The van der Waals surface area contributed by atoms with Crippen LogP contribution in [0.15, 0.2) is 53.7 Å². The van der Waals surface area contributed by atoms with Gasteiger partial charge in [-0.15, -0.1) is 0 Å². The summed E-state index contributed by atoms with van der Waals surface area (Å²) in [5.74, 6) is 0.565. The SMILES string of the molecule is O=[N+]([O-])c1ccccc1/C=N/OCCOc1ccccc1Cl. The molecule has 0 saturated heterocycles. The molecule has 0 N–H and O–H groups in total. The Kier molecular flexibility index (Phi) is 5.73. The zero-order valence-electron chi connectivity index (χ0n) is 11.5. The van der Waals surface area contributed by atoms with Crippen molar-refractivity contribution in [2.24, 2.45) is 5.16 Å². The topological polar surface area (TPSA) is 74.0 Å². The second-order valence-electron chi connectivity index (χ2n) is 4.16. The van der Waals surface area contributed by atoms with Crippen molar-refractivity contribution in [2.75, 3.05) is 13.2 Å². The molecule has 2 aromatic carbocycles. The third-order valence-electron chi connectivity index (χ3n) is 2.67. The molecule has 0 fully saturated rings. The number of nitrogens with zero attached hydrogens (tertiary/aromatic N) is 2. The van der Waals surface area contributed by atoms with Crippen LogP contribution in [0.1, 0.15) is 5.56 Å². The maximum atomic E-state index is 10.8. The quantitative estimate of drug-likeness (QED) is 0.337. The number of oxime groups is 1. The van der Waals surface area contributed by atoms with E-state index in [1.165, 1.54) is 12.3 Å². The van der Waals surface area contributed by atoms with Gasteiger partial charge in [0.25, 0.3) is 5.69 Å². The van der Waals surface area contributed by atoms with Crippen LogP contribution in [0.4, 0.5) is 5.69 Å². The number of hydrogen-bond acceptors (Lipinski definition) is 5. The molecule has 0 aliphatic rings. The first-order valence-electron chi connectivity index (χ1n) is 6.44. The van der Waals surface area contributed by atoms with Gasteiger partial charge in [-0.3, -0.25) is 10.1 Å². The second kappa shape index (κ2) is 7.99. The van der Waals surface area contributed by atoms with Crippen LogP contribution in [-0.4, -0.2) is 24.4 Å². The van der Waals surface area contributed by atoms with Crippen LogP contribution in [0, 0.1) is 10.1 Å². The summed E-state index contributed by atoms with van der Waals surface area (Å²) in [5.41, 5.74) is 0.349. The molecule has 0 bridgehead atoms. The Morgan fingerprint density at radius 1 is 1.14 bits per heavy atom. The number of rotatable bonds is 7. The van der Waals surface area contributed by atoms with E-state index in [1.807, 2.05) is 12.1 Å². The molecule has 2 aromatic rings. The highest BCUT2D eigenvalue weighted by molar-refractivity contribution is 6.32. The minimum Gasteiger partial charge on any atom is -0.488 e. The van der Waals surface area contributed by atoms with Gasteiger partial charge in [0.15, 0.2) is 6.61 Å². The van der Waals surface area contributed by atoms with E-state index in [-0.39, 0.29) is 18.9 Å². The molecule has 7 heteroatoms. The molecular formula is C15H13ClN2O4. The van der Waals surface area contributed by atoms with Crippen LogP contribution in [0.25, 0.3) is 0 Å². The molecular weight excluding hydrogens is 308 g/mol. The zero-order valence-corrected chi connectivity index (χ0v) is 12.3. The largest absolute Gasteiger partial charge is 0.488 e. The number of benzene rings is 2. The number of nitro benzene ring substituents is 1. The number of nitro groups is 1. The highest BCUT2D eigenvalue weighted by Gasteiger charge is 2.09. The van der Waals surface area contributed by atoms with Crippen molar-refractivity contribution in [3.8, 4) is 5.75 Å². The highest BCUT2D eigenvalue weighted by atomic mass is 35.5. The van der Waals surface area contributed by atoms with E-state index in [1.54, 1.807) is 30.3 Å². The number of ether oxygens (including phenoxy) is 1. The van der Waals surface area contributed by atoms with E-state index in [9.17, 15) is 10.1 Å². The summed E-state index contributed by atoms with van der Waals surface area (Å²) in [5, 5.41) is 15.0. The van der Waals surface area contributed by atoms with E-state index in [2.05, 4.69) is 5.16 Å². The molecule has 0 aromatic heterocycles. The monoisotopic (exact) mass is 320 g/mol. The molecule has 0 spiro atoms. The van der Waals surface area contributed by atoms with Crippen LogP contribution in [0.3, 0.4) is 0 Å². The van der Waals surface area contributed by atoms with Gasteiger partial charge < -0.3 is 9.57 Å².